The molecule has 0 amide bonds. The van der Waals surface area contributed by atoms with E-state index in [1.54, 1.807) is 0 Å². The summed E-state index contributed by atoms with van der Waals surface area (Å²) in [6.45, 7) is 18.8. The van der Waals surface area contributed by atoms with Crippen molar-refractivity contribution >= 4 is 5.78 Å². The van der Waals surface area contributed by atoms with Gasteiger partial charge >= 0.3 is 0 Å². The van der Waals surface area contributed by atoms with Crippen LogP contribution in [-0.4, -0.2) is 5.78 Å². The maximum Gasteiger partial charge on any atom is 0.133 e. The van der Waals surface area contributed by atoms with Crippen LogP contribution in [0.2, 0.25) is 0 Å². The minimum atomic E-state index is 0.372. The van der Waals surface area contributed by atoms with Crippen LogP contribution in [0.25, 0.3) is 0 Å². The van der Waals surface area contributed by atoms with Gasteiger partial charge in [0.05, 0.1) is 0 Å². The number of ketones is 1. The van der Waals surface area contributed by atoms with Gasteiger partial charge in [-0.2, -0.15) is 0 Å². The number of hydrogen-bond acceptors (Lipinski definition) is 1. The summed E-state index contributed by atoms with van der Waals surface area (Å²) in [4.78, 5) is 12.1. The third-order valence-electron chi connectivity index (χ3n) is 5.68. The second-order valence-corrected chi connectivity index (χ2v) is 7.93. The van der Waals surface area contributed by atoms with Crippen LogP contribution in [0.15, 0.2) is 0 Å². The van der Waals surface area contributed by atoms with E-state index in [0.717, 1.165) is 0 Å². The summed E-state index contributed by atoms with van der Waals surface area (Å²) >= 11 is 0. The lowest BCUT2D eigenvalue weighted by Crippen LogP contribution is -2.31. The Labute approximate surface area is 180 Å². The van der Waals surface area contributed by atoms with Gasteiger partial charge in [-0.25, -0.2) is 0 Å². The van der Waals surface area contributed by atoms with Crippen molar-refractivity contribution in [3.8, 4) is 0 Å². The van der Waals surface area contributed by atoms with Crippen LogP contribution in [0, 0.1) is 17.8 Å². The lowest BCUT2D eigenvalue weighted by Gasteiger charge is -2.34. The highest BCUT2D eigenvalue weighted by molar-refractivity contribution is 5.78. The van der Waals surface area contributed by atoms with Crippen molar-refractivity contribution in [2.45, 2.75) is 152 Å². The molecular formula is C27H58O. The Bertz CT molecular complexity index is 274. The fourth-order valence-corrected chi connectivity index (χ4v) is 4.38. The molecule has 0 bridgehead atoms. The van der Waals surface area contributed by atoms with Crippen molar-refractivity contribution in [3.05, 3.63) is 0 Å². The lowest BCUT2D eigenvalue weighted by atomic mass is 9.70. The Balaban J connectivity index is -0.000000526. The summed E-state index contributed by atoms with van der Waals surface area (Å²) < 4.78 is 0. The van der Waals surface area contributed by atoms with Crippen LogP contribution in [-0.2, 0) is 4.79 Å². The first kappa shape index (κ1) is 32.3. The topological polar surface area (TPSA) is 17.1 Å². The van der Waals surface area contributed by atoms with Gasteiger partial charge in [0.2, 0.25) is 0 Å². The molecule has 0 N–H and O–H groups in total. The van der Waals surface area contributed by atoms with Crippen LogP contribution < -0.4 is 0 Å². The minimum Gasteiger partial charge on any atom is -0.300 e. The average molecular weight is 399 g/mol. The van der Waals surface area contributed by atoms with Gasteiger partial charge in [0.25, 0.3) is 0 Å². The number of rotatable bonds is 11. The Kier molecular flexibility index (Phi) is 30.8. The van der Waals surface area contributed by atoms with E-state index in [-0.39, 0.29) is 0 Å². The molecule has 0 radical (unpaired) electrons. The summed E-state index contributed by atoms with van der Waals surface area (Å²) in [5, 5.41) is 0. The first-order chi connectivity index (χ1) is 13.6. The fourth-order valence-electron chi connectivity index (χ4n) is 4.38. The lowest BCUT2D eigenvalue weighted by molar-refractivity contribution is -0.125. The zero-order valence-electron chi connectivity index (χ0n) is 21.5. The van der Waals surface area contributed by atoms with Crippen molar-refractivity contribution in [1.82, 2.24) is 0 Å². The molecular weight excluding hydrogens is 340 g/mol. The number of hydrogen-bond donors (Lipinski definition) is 0. The van der Waals surface area contributed by atoms with Gasteiger partial charge in [0.15, 0.2) is 0 Å². The van der Waals surface area contributed by atoms with E-state index in [1.807, 2.05) is 34.6 Å². The number of carbonyl (C=O) groups excluding carboxylic acids is 1. The van der Waals surface area contributed by atoms with E-state index in [2.05, 4.69) is 27.7 Å². The summed E-state index contributed by atoms with van der Waals surface area (Å²) in [5.41, 5.74) is 0. The SMILES string of the molecule is CC.CC.CCCCC(CCC)C(C(C)=O)C1CCCCC1.CCCCCC. The van der Waals surface area contributed by atoms with Gasteiger partial charge in [-0.05, 0) is 38.0 Å². The van der Waals surface area contributed by atoms with Crippen molar-refractivity contribution < 1.29 is 4.79 Å². The highest BCUT2D eigenvalue weighted by Gasteiger charge is 2.32. The third-order valence-corrected chi connectivity index (χ3v) is 5.68. The smallest absolute Gasteiger partial charge is 0.133 e. The van der Waals surface area contributed by atoms with Crippen LogP contribution >= 0.6 is 0 Å². The normalized spacial score (nSPS) is 15.6. The van der Waals surface area contributed by atoms with Crippen molar-refractivity contribution in [3.63, 3.8) is 0 Å². The second-order valence-electron chi connectivity index (χ2n) is 7.93. The molecule has 2 atom stereocenters. The molecule has 1 heteroatoms. The highest BCUT2D eigenvalue weighted by atomic mass is 16.1. The summed E-state index contributed by atoms with van der Waals surface area (Å²) in [5.74, 6) is 2.20. The number of unbranched alkanes of at least 4 members (excludes halogenated alkanes) is 4. The van der Waals surface area contributed by atoms with E-state index in [9.17, 15) is 4.79 Å². The van der Waals surface area contributed by atoms with E-state index in [4.69, 9.17) is 0 Å². The third kappa shape index (κ3) is 17.7. The molecule has 0 spiro atoms. The molecule has 0 aromatic carbocycles. The molecule has 1 saturated carbocycles. The Hall–Kier alpha value is -0.330. The molecule has 0 saturated heterocycles. The van der Waals surface area contributed by atoms with Gasteiger partial charge in [-0.1, -0.05) is 126 Å². The zero-order chi connectivity index (χ0) is 22.2. The first-order valence-electron chi connectivity index (χ1n) is 13.1. The molecule has 28 heavy (non-hydrogen) atoms. The van der Waals surface area contributed by atoms with E-state index in [0.29, 0.717) is 23.5 Å². The largest absolute Gasteiger partial charge is 0.300 e. The van der Waals surface area contributed by atoms with Gasteiger partial charge in [0, 0.05) is 5.92 Å². The predicted octanol–water partition coefficient (Wildman–Crippen LogP) is 10.0. The molecule has 1 aliphatic carbocycles. The van der Waals surface area contributed by atoms with Crippen molar-refractivity contribution in [2.24, 2.45) is 17.8 Å². The molecule has 1 nitrogen and oxygen atoms in total. The van der Waals surface area contributed by atoms with Gasteiger partial charge in [0.1, 0.15) is 5.78 Å². The van der Waals surface area contributed by atoms with Crippen molar-refractivity contribution in [1.29, 1.82) is 0 Å². The highest BCUT2D eigenvalue weighted by Crippen LogP contribution is 2.38. The average Bonchev–Trinajstić information content (AvgIpc) is 2.74. The molecule has 0 aromatic rings. The van der Waals surface area contributed by atoms with E-state index in [1.165, 1.54) is 89.9 Å². The maximum atomic E-state index is 12.1. The standard InChI is InChI=1S/C17H32O.C6H14.2C2H6/c1-4-6-11-15(10-5-2)17(14(3)18)16-12-8-7-9-13-16;1-3-5-6-4-2;2*1-2/h15-17H,4-13H2,1-3H3;3-6H2,1-2H3;2*1-2H3. The van der Waals surface area contributed by atoms with E-state index < -0.39 is 0 Å². The van der Waals surface area contributed by atoms with Crippen LogP contribution in [0.5, 0.6) is 0 Å². The zero-order valence-corrected chi connectivity index (χ0v) is 21.5. The van der Waals surface area contributed by atoms with Gasteiger partial charge in [-0.15, -0.1) is 0 Å². The number of Topliss-reactive ketones (excluding diaryl/α,β-unsaturated/α-hetero) is 1. The summed E-state index contributed by atoms with van der Waals surface area (Å²) in [6.07, 6.45) is 18.5. The van der Waals surface area contributed by atoms with Crippen molar-refractivity contribution in [2.75, 3.05) is 0 Å². The van der Waals surface area contributed by atoms with Crippen LogP contribution in [0.3, 0.4) is 0 Å². The summed E-state index contributed by atoms with van der Waals surface area (Å²) in [6, 6.07) is 0. The Morgan fingerprint density at radius 1 is 0.714 bits per heavy atom. The molecule has 0 heterocycles. The molecule has 2 unspecified atom stereocenters. The fraction of sp³-hybridized carbons (Fsp3) is 0.963. The quantitative estimate of drug-likeness (QED) is 0.316. The summed E-state index contributed by atoms with van der Waals surface area (Å²) in [7, 11) is 0. The second kappa shape index (κ2) is 26.7. The predicted molar refractivity (Wildman–Crippen MR) is 131 cm³/mol. The molecule has 1 fully saturated rings. The maximum absolute atomic E-state index is 12.1. The van der Waals surface area contributed by atoms with Gasteiger partial charge in [-0.3, -0.25) is 4.79 Å². The van der Waals surface area contributed by atoms with E-state index >= 15 is 0 Å². The van der Waals surface area contributed by atoms with Crippen LogP contribution in [0.1, 0.15) is 152 Å². The molecule has 0 aliphatic heterocycles. The monoisotopic (exact) mass is 398 g/mol. The van der Waals surface area contributed by atoms with Crippen LogP contribution in [0.4, 0.5) is 0 Å². The minimum absolute atomic E-state index is 0.372. The molecule has 1 aliphatic rings. The Morgan fingerprint density at radius 2 is 1.18 bits per heavy atom. The Morgan fingerprint density at radius 3 is 1.54 bits per heavy atom. The molecule has 1 rings (SSSR count). The number of carbonyl (C=O) groups is 1. The first-order valence-corrected chi connectivity index (χ1v) is 13.1. The molecule has 172 valence electrons. The van der Waals surface area contributed by atoms with Gasteiger partial charge < -0.3 is 0 Å². The molecule has 0 aromatic heterocycles.